The zero-order chi connectivity index (χ0) is 15.7. The number of hydrogen-bond acceptors (Lipinski definition) is 3. The van der Waals surface area contributed by atoms with Gasteiger partial charge in [0.15, 0.2) is 0 Å². The van der Waals surface area contributed by atoms with Gasteiger partial charge in [0.05, 0.1) is 0 Å². The summed E-state index contributed by atoms with van der Waals surface area (Å²) in [6.07, 6.45) is 2.85. The van der Waals surface area contributed by atoms with Gasteiger partial charge in [-0.1, -0.05) is 50.6 Å². The summed E-state index contributed by atoms with van der Waals surface area (Å²) in [6, 6.07) is 9.58. The van der Waals surface area contributed by atoms with Crippen molar-refractivity contribution < 1.29 is 9.53 Å². The Hall–Kier alpha value is -1.39. The number of primary amides is 1. The van der Waals surface area contributed by atoms with E-state index in [2.05, 4.69) is 19.2 Å². The average molecular weight is 292 g/mol. The third-order valence-electron chi connectivity index (χ3n) is 3.92. The van der Waals surface area contributed by atoms with E-state index >= 15 is 0 Å². The lowest BCUT2D eigenvalue weighted by Gasteiger charge is -2.31. The second-order valence-corrected chi connectivity index (χ2v) is 5.60. The maximum Gasteiger partial charge on any atom is 0.242 e. The number of benzene rings is 1. The number of carbonyl (C=O) groups is 1. The Bertz CT molecular complexity index is 422. The molecule has 0 aliphatic rings. The first kappa shape index (κ1) is 17.7. The third kappa shape index (κ3) is 4.83. The molecule has 2 unspecified atom stereocenters. The predicted molar refractivity (Wildman–Crippen MR) is 85.9 cm³/mol. The Morgan fingerprint density at radius 2 is 2.05 bits per heavy atom. The standard InChI is InChI=1S/C17H28N2O2/c1-4-8-14(2)13-21-12-11-17(19-3,16(18)20)15-9-6-5-7-10-15/h5-7,9-10,14,19H,4,8,11-13H2,1-3H3,(H2,18,20). The van der Waals surface area contributed by atoms with E-state index in [4.69, 9.17) is 10.5 Å². The molecular formula is C17H28N2O2. The van der Waals surface area contributed by atoms with Crippen molar-refractivity contribution in [1.82, 2.24) is 5.32 Å². The normalized spacial score (nSPS) is 15.4. The van der Waals surface area contributed by atoms with Gasteiger partial charge in [-0.2, -0.15) is 0 Å². The second kappa shape index (κ2) is 8.80. The van der Waals surface area contributed by atoms with E-state index in [1.54, 1.807) is 7.05 Å². The molecule has 4 heteroatoms. The summed E-state index contributed by atoms with van der Waals surface area (Å²) >= 11 is 0. The Labute approximate surface area is 128 Å². The SMILES string of the molecule is CCCC(C)COCCC(NC)(C(N)=O)c1ccccc1. The third-order valence-corrected chi connectivity index (χ3v) is 3.92. The molecule has 0 aliphatic carbocycles. The number of amides is 1. The number of nitrogens with one attached hydrogen (secondary N) is 1. The van der Waals surface area contributed by atoms with Crippen LogP contribution in [0.5, 0.6) is 0 Å². The van der Waals surface area contributed by atoms with Crippen molar-refractivity contribution in [3.63, 3.8) is 0 Å². The fourth-order valence-electron chi connectivity index (χ4n) is 2.61. The maximum absolute atomic E-state index is 12.0. The maximum atomic E-state index is 12.0. The van der Waals surface area contributed by atoms with Gasteiger partial charge in [0.2, 0.25) is 5.91 Å². The number of hydrogen-bond donors (Lipinski definition) is 2. The van der Waals surface area contributed by atoms with E-state index in [0.717, 1.165) is 25.0 Å². The van der Waals surface area contributed by atoms with Crippen molar-refractivity contribution in [2.75, 3.05) is 20.3 Å². The molecule has 4 nitrogen and oxygen atoms in total. The molecular weight excluding hydrogens is 264 g/mol. The Kier molecular flexibility index (Phi) is 7.40. The number of rotatable bonds is 10. The van der Waals surface area contributed by atoms with Crippen LogP contribution in [0.3, 0.4) is 0 Å². The molecule has 0 bridgehead atoms. The molecule has 1 amide bonds. The molecule has 118 valence electrons. The molecule has 0 spiro atoms. The first-order valence-corrected chi connectivity index (χ1v) is 7.69. The van der Waals surface area contributed by atoms with E-state index < -0.39 is 5.54 Å². The fraction of sp³-hybridized carbons (Fsp3) is 0.588. The quantitative estimate of drug-likeness (QED) is 0.651. The molecule has 0 aromatic heterocycles. The molecule has 0 fully saturated rings. The fourth-order valence-corrected chi connectivity index (χ4v) is 2.61. The monoisotopic (exact) mass is 292 g/mol. The van der Waals surface area contributed by atoms with Gasteiger partial charge in [0, 0.05) is 19.6 Å². The highest BCUT2D eigenvalue weighted by Gasteiger charge is 2.36. The predicted octanol–water partition coefficient (Wildman–Crippen LogP) is 2.43. The summed E-state index contributed by atoms with van der Waals surface area (Å²) in [4.78, 5) is 12.0. The number of likely N-dealkylation sites (N-methyl/N-ethyl adjacent to an activating group) is 1. The van der Waals surface area contributed by atoms with E-state index in [1.807, 2.05) is 30.3 Å². The summed E-state index contributed by atoms with van der Waals surface area (Å²) in [5.74, 6) is 0.172. The summed E-state index contributed by atoms with van der Waals surface area (Å²) in [7, 11) is 1.76. The molecule has 1 aromatic rings. The van der Waals surface area contributed by atoms with Crippen LogP contribution < -0.4 is 11.1 Å². The molecule has 0 saturated carbocycles. The summed E-state index contributed by atoms with van der Waals surface area (Å²) in [5, 5.41) is 3.09. The highest BCUT2D eigenvalue weighted by molar-refractivity contribution is 5.86. The van der Waals surface area contributed by atoms with Crippen LogP contribution in [-0.4, -0.2) is 26.2 Å². The molecule has 0 saturated heterocycles. The minimum atomic E-state index is -0.866. The lowest BCUT2D eigenvalue weighted by molar-refractivity contribution is -0.125. The van der Waals surface area contributed by atoms with Crippen LogP contribution in [0.4, 0.5) is 0 Å². The van der Waals surface area contributed by atoms with Crippen molar-refractivity contribution in [1.29, 1.82) is 0 Å². The Morgan fingerprint density at radius 3 is 2.57 bits per heavy atom. The van der Waals surface area contributed by atoms with Gasteiger partial charge in [-0.25, -0.2) is 0 Å². The van der Waals surface area contributed by atoms with Crippen molar-refractivity contribution >= 4 is 5.91 Å². The lowest BCUT2D eigenvalue weighted by atomic mass is 9.86. The first-order chi connectivity index (χ1) is 10.1. The largest absolute Gasteiger partial charge is 0.381 e. The van der Waals surface area contributed by atoms with Crippen LogP contribution in [0.2, 0.25) is 0 Å². The van der Waals surface area contributed by atoms with Crippen LogP contribution in [0, 0.1) is 5.92 Å². The van der Waals surface area contributed by atoms with Crippen LogP contribution >= 0.6 is 0 Å². The minimum absolute atomic E-state index is 0.374. The topological polar surface area (TPSA) is 64.3 Å². The van der Waals surface area contributed by atoms with Crippen molar-refractivity contribution in [2.45, 2.75) is 38.6 Å². The molecule has 2 atom stereocenters. The van der Waals surface area contributed by atoms with Gasteiger partial charge in [-0.3, -0.25) is 4.79 Å². The Morgan fingerprint density at radius 1 is 1.38 bits per heavy atom. The number of nitrogens with two attached hydrogens (primary N) is 1. The zero-order valence-electron chi connectivity index (χ0n) is 13.4. The molecule has 1 rings (SSSR count). The van der Waals surface area contributed by atoms with Crippen LogP contribution in [0.25, 0.3) is 0 Å². The van der Waals surface area contributed by atoms with Crippen LogP contribution in [0.15, 0.2) is 30.3 Å². The summed E-state index contributed by atoms with van der Waals surface area (Å²) in [5.41, 5.74) is 5.66. The summed E-state index contributed by atoms with van der Waals surface area (Å²) in [6.45, 7) is 5.58. The van der Waals surface area contributed by atoms with Crippen molar-refractivity contribution in [3.05, 3.63) is 35.9 Å². The van der Waals surface area contributed by atoms with Gasteiger partial charge in [-0.15, -0.1) is 0 Å². The molecule has 0 radical (unpaired) electrons. The highest BCUT2D eigenvalue weighted by atomic mass is 16.5. The van der Waals surface area contributed by atoms with Crippen LogP contribution in [0.1, 0.15) is 38.7 Å². The molecule has 21 heavy (non-hydrogen) atoms. The lowest BCUT2D eigenvalue weighted by Crippen LogP contribution is -2.51. The van der Waals surface area contributed by atoms with E-state index in [1.165, 1.54) is 0 Å². The molecule has 0 heterocycles. The van der Waals surface area contributed by atoms with Crippen molar-refractivity contribution in [3.8, 4) is 0 Å². The van der Waals surface area contributed by atoms with Crippen LogP contribution in [-0.2, 0) is 15.1 Å². The average Bonchev–Trinajstić information content (AvgIpc) is 2.48. The van der Waals surface area contributed by atoms with Gasteiger partial charge >= 0.3 is 0 Å². The smallest absolute Gasteiger partial charge is 0.242 e. The molecule has 3 N–H and O–H groups in total. The van der Waals surface area contributed by atoms with Gasteiger partial charge in [0.1, 0.15) is 5.54 Å². The van der Waals surface area contributed by atoms with E-state index in [-0.39, 0.29) is 5.91 Å². The van der Waals surface area contributed by atoms with E-state index in [0.29, 0.717) is 18.9 Å². The first-order valence-electron chi connectivity index (χ1n) is 7.69. The Balaban J connectivity index is 2.66. The summed E-state index contributed by atoms with van der Waals surface area (Å²) < 4.78 is 5.73. The molecule has 1 aromatic carbocycles. The number of ether oxygens (including phenoxy) is 1. The zero-order valence-corrected chi connectivity index (χ0v) is 13.4. The van der Waals surface area contributed by atoms with E-state index in [9.17, 15) is 4.79 Å². The number of carbonyl (C=O) groups excluding carboxylic acids is 1. The van der Waals surface area contributed by atoms with Gasteiger partial charge in [-0.05, 0) is 24.9 Å². The van der Waals surface area contributed by atoms with Gasteiger partial charge in [0.25, 0.3) is 0 Å². The van der Waals surface area contributed by atoms with Gasteiger partial charge < -0.3 is 15.8 Å². The highest BCUT2D eigenvalue weighted by Crippen LogP contribution is 2.24. The van der Waals surface area contributed by atoms with Crippen molar-refractivity contribution in [2.24, 2.45) is 11.7 Å². The minimum Gasteiger partial charge on any atom is -0.381 e. The second-order valence-electron chi connectivity index (χ2n) is 5.60. The molecule has 0 aliphatic heterocycles.